The van der Waals surface area contributed by atoms with E-state index in [9.17, 15) is 5.11 Å². The third kappa shape index (κ3) is 2.50. The van der Waals surface area contributed by atoms with Crippen LogP contribution in [0.4, 0.5) is 0 Å². The van der Waals surface area contributed by atoms with Crippen LogP contribution in [0.3, 0.4) is 0 Å². The van der Waals surface area contributed by atoms with Gasteiger partial charge in [-0.15, -0.1) is 0 Å². The molecule has 0 saturated carbocycles. The molecule has 0 aliphatic heterocycles. The number of benzene rings is 1. The van der Waals surface area contributed by atoms with Gasteiger partial charge in [0.25, 0.3) is 0 Å². The summed E-state index contributed by atoms with van der Waals surface area (Å²) in [5, 5.41) is 11.5. The fourth-order valence-electron chi connectivity index (χ4n) is 2.60. The Morgan fingerprint density at radius 2 is 1.36 bits per heavy atom. The second-order valence-electron chi connectivity index (χ2n) is 5.14. The summed E-state index contributed by atoms with van der Waals surface area (Å²) in [4.78, 5) is 8.23. The van der Waals surface area contributed by atoms with E-state index in [4.69, 9.17) is 5.73 Å². The quantitative estimate of drug-likeness (QED) is 0.774. The van der Waals surface area contributed by atoms with Gasteiger partial charge < -0.3 is 10.8 Å². The number of pyridine rings is 2. The predicted octanol–water partition coefficient (Wildman–Crippen LogP) is 2.41. The van der Waals surface area contributed by atoms with Crippen LogP contribution >= 0.6 is 0 Å². The Morgan fingerprint density at radius 3 is 1.82 bits per heavy atom. The van der Waals surface area contributed by atoms with E-state index in [1.807, 2.05) is 42.5 Å². The predicted molar refractivity (Wildman–Crippen MR) is 84.8 cm³/mol. The van der Waals surface area contributed by atoms with E-state index >= 15 is 0 Å². The molecule has 22 heavy (non-hydrogen) atoms. The first-order valence-electron chi connectivity index (χ1n) is 7.07. The second-order valence-corrected chi connectivity index (χ2v) is 5.14. The van der Waals surface area contributed by atoms with E-state index < -0.39 is 11.6 Å². The molecule has 4 nitrogen and oxygen atoms in total. The van der Waals surface area contributed by atoms with Gasteiger partial charge in [0.05, 0.1) is 6.04 Å². The molecule has 3 N–H and O–H groups in total. The van der Waals surface area contributed by atoms with Gasteiger partial charge in [-0.05, 0) is 17.7 Å². The Bertz CT molecular complexity index is 678. The van der Waals surface area contributed by atoms with Gasteiger partial charge in [-0.1, -0.05) is 42.5 Å². The number of nitrogens with zero attached hydrogens (tertiary/aromatic N) is 2. The van der Waals surface area contributed by atoms with E-state index in [0.717, 1.165) is 5.56 Å². The van der Waals surface area contributed by atoms with Gasteiger partial charge in [0.2, 0.25) is 0 Å². The highest BCUT2D eigenvalue weighted by molar-refractivity contribution is 5.38. The molecule has 0 fully saturated rings. The monoisotopic (exact) mass is 291 g/mol. The lowest BCUT2D eigenvalue weighted by atomic mass is 9.79. The molecule has 0 unspecified atom stereocenters. The van der Waals surface area contributed by atoms with Crippen LogP contribution in [0, 0.1) is 0 Å². The maximum atomic E-state index is 11.5. The van der Waals surface area contributed by atoms with Gasteiger partial charge in [-0.3, -0.25) is 9.97 Å². The van der Waals surface area contributed by atoms with Gasteiger partial charge in [-0.25, -0.2) is 0 Å². The summed E-state index contributed by atoms with van der Waals surface area (Å²) in [6.07, 6.45) is 6.61. The minimum Gasteiger partial charge on any atom is -0.378 e. The fourth-order valence-corrected chi connectivity index (χ4v) is 2.60. The second kappa shape index (κ2) is 6.05. The molecule has 0 amide bonds. The SMILES string of the molecule is N[C@@H](c1ccccc1)C(O)(c1cccnc1)c1cccnc1. The third-order valence-electron chi connectivity index (χ3n) is 3.81. The molecular weight excluding hydrogens is 274 g/mol. The van der Waals surface area contributed by atoms with Crippen LogP contribution in [-0.4, -0.2) is 15.1 Å². The van der Waals surface area contributed by atoms with Gasteiger partial charge >= 0.3 is 0 Å². The van der Waals surface area contributed by atoms with Gasteiger partial charge in [0.1, 0.15) is 5.60 Å². The lowest BCUT2D eigenvalue weighted by Crippen LogP contribution is -2.40. The number of nitrogens with two attached hydrogens (primary N) is 1. The average molecular weight is 291 g/mol. The molecule has 4 heteroatoms. The molecular formula is C18H17N3O. The van der Waals surface area contributed by atoms with Crippen LogP contribution in [0.25, 0.3) is 0 Å². The van der Waals surface area contributed by atoms with Crippen molar-refractivity contribution >= 4 is 0 Å². The summed E-state index contributed by atoms with van der Waals surface area (Å²) < 4.78 is 0. The summed E-state index contributed by atoms with van der Waals surface area (Å²) in [6, 6.07) is 16.1. The molecule has 0 radical (unpaired) electrons. The highest BCUT2D eigenvalue weighted by Gasteiger charge is 2.39. The summed E-state index contributed by atoms with van der Waals surface area (Å²) in [6.45, 7) is 0. The number of aromatic nitrogens is 2. The molecule has 1 atom stereocenters. The first-order valence-corrected chi connectivity index (χ1v) is 7.07. The number of rotatable bonds is 4. The van der Waals surface area contributed by atoms with Crippen molar-refractivity contribution in [3.05, 3.63) is 96.1 Å². The van der Waals surface area contributed by atoms with E-state index in [1.54, 1.807) is 36.9 Å². The Kier molecular flexibility index (Phi) is 3.96. The maximum Gasteiger partial charge on any atom is 0.137 e. The molecule has 110 valence electrons. The zero-order chi connectivity index (χ0) is 15.4. The van der Waals surface area contributed by atoms with Crippen molar-refractivity contribution in [3.63, 3.8) is 0 Å². The van der Waals surface area contributed by atoms with Crippen LogP contribution in [0.2, 0.25) is 0 Å². The van der Waals surface area contributed by atoms with Crippen molar-refractivity contribution in [2.45, 2.75) is 11.6 Å². The van der Waals surface area contributed by atoms with Gasteiger partial charge in [-0.2, -0.15) is 0 Å². The molecule has 0 aliphatic carbocycles. The molecule has 0 bridgehead atoms. The minimum absolute atomic E-state index is 0.637. The summed E-state index contributed by atoms with van der Waals surface area (Å²) in [5.41, 5.74) is 7.15. The normalized spacial score (nSPS) is 12.8. The first-order chi connectivity index (χ1) is 10.7. The Hall–Kier alpha value is -2.56. The zero-order valence-electron chi connectivity index (χ0n) is 12.0. The maximum absolute atomic E-state index is 11.5. The van der Waals surface area contributed by atoms with Crippen molar-refractivity contribution in [1.29, 1.82) is 0 Å². The molecule has 0 spiro atoms. The number of hydrogen-bond acceptors (Lipinski definition) is 4. The summed E-state index contributed by atoms with van der Waals surface area (Å²) >= 11 is 0. The molecule has 0 aliphatic rings. The molecule has 0 saturated heterocycles. The van der Waals surface area contributed by atoms with E-state index in [0.29, 0.717) is 11.1 Å². The van der Waals surface area contributed by atoms with Crippen LogP contribution < -0.4 is 5.73 Å². The highest BCUT2D eigenvalue weighted by Crippen LogP contribution is 2.38. The molecule has 2 aromatic heterocycles. The summed E-state index contributed by atoms with van der Waals surface area (Å²) in [7, 11) is 0. The summed E-state index contributed by atoms with van der Waals surface area (Å²) in [5.74, 6) is 0. The Morgan fingerprint density at radius 1 is 0.818 bits per heavy atom. The van der Waals surface area contributed by atoms with Crippen molar-refractivity contribution in [3.8, 4) is 0 Å². The molecule has 3 rings (SSSR count). The van der Waals surface area contributed by atoms with Crippen LogP contribution in [-0.2, 0) is 5.60 Å². The highest BCUT2D eigenvalue weighted by atomic mass is 16.3. The number of hydrogen-bond donors (Lipinski definition) is 2. The van der Waals surface area contributed by atoms with Crippen molar-refractivity contribution in [2.75, 3.05) is 0 Å². The lowest BCUT2D eigenvalue weighted by Gasteiger charge is -2.34. The standard InChI is InChI=1S/C18H17N3O/c19-17(14-6-2-1-3-7-14)18(22,15-8-4-10-20-12-15)16-9-5-11-21-13-16/h1-13,17,22H,19H2/t17-/m0/s1. The van der Waals surface area contributed by atoms with Crippen LogP contribution in [0.5, 0.6) is 0 Å². The fraction of sp³-hybridized carbons (Fsp3) is 0.111. The van der Waals surface area contributed by atoms with Crippen molar-refractivity contribution in [2.24, 2.45) is 5.73 Å². The smallest absolute Gasteiger partial charge is 0.137 e. The van der Waals surface area contributed by atoms with Crippen LogP contribution in [0.1, 0.15) is 22.7 Å². The first kappa shape index (κ1) is 14.4. The van der Waals surface area contributed by atoms with Gasteiger partial charge in [0, 0.05) is 35.9 Å². The minimum atomic E-state index is -1.40. The Labute approximate surface area is 129 Å². The molecule has 1 aromatic carbocycles. The van der Waals surface area contributed by atoms with E-state index in [1.165, 1.54) is 0 Å². The third-order valence-corrected chi connectivity index (χ3v) is 3.81. The number of aliphatic hydroxyl groups is 1. The van der Waals surface area contributed by atoms with E-state index in [2.05, 4.69) is 9.97 Å². The van der Waals surface area contributed by atoms with E-state index in [-0.39, 0.29) is 0 Å². The van der Waals surface area contributed by atoms with Gasteiger partial charge in [0.15, 0.2) is 0 Å². The Balaban J connectivity index is 2.16. The molecule has 2 heterocycles. The topological polar surface area (TPSA) is 72.0 Å². The van der Waals surface area contributed by atoms with Crippen molar-refractivity contribution < 1.29 is 5.11 Å². The van der Waals surface area contributed by atoms with Crippen molar-refractivity contribution in [1.82, 2.24) is 9.97 Å². The van der Waals surface area contributed by atoms with Crippen LogP contribution in [0.15, 0.2) is 79.4 Å². The zero-order valence-corrected chi connectivity index (χ0v) is 12.0. The molecule has 3 aromatic rings. The average Bonchev–Trinajstić information content (AvgIpc) is 2.62. The largest absolute Gasteiger partial charge is 0.378 e. The lowest BCUT2D eigenvalue weighted by molar-refractivity contribution is 0.0505.